The van der Waals surface area contributed by atoms with Crippen LogP contribution in [-0.2, 0) is 0 Å². The number of amides is 2. The van der Waals surface area contributed by atoms with E-state index in [1.165, 1.54) is 12.2 Å². The summed E-state index contributed by atoms with van der Waals surface area (Å²) >= 11 is 1.85. The van der Waals surface area contributed by atoms with Crippen LogP contribution in [0.4, 0.5) is 10.5 Å². The van der Waals surface area contributed by atoms with Crippen molar-refractivity contribution in [2.24, 2.45) is 0 Å². The minimum absolute atomic E-state index is 0.197. The molecule has 0 saturated heterocycles. The molecular weight excluding hydrogens is 272 g/mol. The van der Waals surface area contributed by atoms with E-state index in [-0.39, 0.29) is 6.03 Å². The van der Waals surface area contributed by atoms with Crippen LogP contribution >= 0.6 is 11.8 Å². The topological polar surface area (TPSA) is 61.4 Å². The van der Waals surface area contributed by atoms with Crippen LogP contribution in [0.15, 0.2) is 24.3 Å². The lowest BCUT2D eigenvalue weighted by molar-refractivity contribution is 0.199. The molecule has 20 heavy (non-hydrogen) atoms. The van der Waals surface area contributed by atoms with E-state index in [0.717, 1.165) is 18.4 Å². The van der Waals surface area contributed by atoms with Gasteiger partial charge in [-0.2, -0.15) is 11.8 Å². The van der Waals surface area contributed by atoms with Crippen molar-refractivity contribution < 1.29 is 9.90 Å². The van der Waals surface area contributed by atoms with E-state index in [2.05, 4.69) is 16.9 Å². The molecule has 0 aliphatic heterocycles. The van der Waals surface area contributed by atoms with Gasteiger partial charge in [-0.15, -0.1) is 0 Å². The van der Waals surface area contributed by atoms with Gasteiger partial charge in [-0.1, -0.05) is 18.6 Å². The molecule has 0 saturated carbocycles. The standard InChI is InChI=1S/C15H24N2O2S/c1-12(18)13-7-6-8-14(11-13)17-15(19)16-9-4-3-5-10-20-2/h6-8,11-12,18H,3-5,9-10H2,1-2H3,(H2,16,17,19). The Hall–Kier alpha value is -1.20. The van der Waals surface area contributed by atoms with Crippen LogP contribution in [0.2, 0.25) is 0 Å². The molecule has 0 spiro atoms. The predicted molar refractivity (Wildman–Crippen MR) is 86.3 cm³/mol. The van der Waals surface area contributed by atoms with Crippen molar-refractivity contribution in [2.75, 3.05) is 23.9 Å². The van der Waals surface area contributed by atoms with Crippen LogP contribution < -0.4 is 10.6 Å². The van der Waals surface area contributed by atoms with Gasteiger partial charge in [0, 0.05) is 12.2 Å². The van der Waals surface area contributed by atoms with Crippen LogP contribution in [0.3, 0.4) is 0 Å². The van der Waals surface area contributed by atoms with Crippen LogP contribution in [0.1, 0.15) is 37.9 Å². The molecule has 0 aliphatic carbocycles. The van der Waals surface area contributed by atoms with Crippen LogP contribution in [-0.4, -0.2) is 29.7 Å². The lowest BCUT2D eigenvalue weighted by atomic mass is 10.1. The molecule has 1 unspecified atom stereocenters. The van der Waals surface area contributed by atoms with Crippen LogP contribution in [0.25, 0.3) is 0 Å². The number of unbranched alkanes of at least 4 members (excludes halogenated alkanes) is 2. The molecule has 0 aromatic heterocycles. The van der Waals surface area contributed by atoms with Crippen molar-refractivity contribution in [3.8, 4) is 0 Å². The Kier molecular flexibility index (Phi) is 8.14. The highest BCUT2D eigenvalue weighted by Gasteiger charge is 2.04. The number of hydrogen-bond donors (Lipinski definition) is 3. The summed E-state index contributed by atoms with van der Waals surface area (Å²) in [6.45, 7) is 2.39. The van der Waals surface area contributed by atoms with Gasteiger partial charge in [0.05, 0.1) is 6.10 Å². The number of benzene rings is 1. The molecule has 0 bridgehead atoms. The normalized spacial score (nSPS) is 11.9. The van der Waals surface area contributed by atoms with Gasteiger partial charge in [-0.3, -0.25) is 0 Å². The monoisotopic (exact) mass is 296 g/mol. The number of aliphatic hydroxyl groups is 1. The lowest BCUT2D eigenvalue weighted by Gasteiger charge is -2.10. The van der Waals surface area contributed by atoms with Crippen molar-refractivity contribution in [3.63, 3.8) is 0 Å². The second-order valence-electron chi connectivity index (χ2n) is 4.74. The molecule has 0 fully saturated rings. The molecule has 1 atom stereocenters. The average Bonchev–Trinajstić information content (AvgIpc) is 2.43. The van der Waals surface area contributed by atoms with Gasteiger partial charge in [0.15, 0.2) is 0 Å². The lowest BCUT2D eigenvalue weighted by Crippen LogP contribution is -2.29. The summed E-state index contributed by atoms with van der Waals surface area (Å²) in [4.78, 5) is 11.7. The highest BCUT2D eigenvalue weighted by atomic mass is 32.2. The number of thioether (sulfide) groups is 1. The number of carbonyl (C=O) groups excluding carboxylic acids is 1. The molecule has 1 aromatic rings. The second-order valence-corrected chi connectivity index (χ2v) is 5.72. The fraction of sp³-hybridized carbons (Fsp3) is 0.533. The molecular formula is C15H24N2O2S. The van der Waals surface area contributed by atoms with E-state index in [9.17, 15) is 9.90 Å². The molecule has 112 valence electrons. The van der Waals surface area contributed by atoms with E-state index in [0.29, 0.717) is 12.2 Å². The highest BCUT2D eigenvalue weighted by molar-refractivity contribution is 7.98. The highest BCUT2D eigenvalue weighted by Crippen LogP contribution is 2.16. The Balaban J connectivity index is 2.26. The van der Waals surface area contributed by atoms with Gasteiger partial charge in [-0.05, 0) is 49.5 Å². The zero-order valence-corrected chi connectivity index (χ0v) is 13.0. The first-order valence-corrected chi connectivity index (χ1v) is 8.34. The SMILES string of the molecule is CSCCCCCNC(=O)Nc1cccc(C(C)O)c1. The molecule has 4 nitrogen and oxygen atoms in total. The average molecular weight is 296 g/mol. The third kappa shape index (κ3) is 6.82. The Morgan fingerprint density at radius 1 is 1.35 bits per heavy atom. The van der Waals surface area contributed by atoms with Gasteiger partial charge < -0.3 is 15.7 Å². The zero-order chi connectivity index (χ0) is 14.8. The number of urea groups is 1. The molecule has 0 radical (unpaired) electrons. The molecule has 1 aromatic carbocycles. The maximum absolute atomic E-state index is 11.7. The first-order chi connectivity index (χ1) is 9.63. The molecule has 1 rings (SSSR count). The number of anilines is 1. The van der Waals surface area contributed by atoms with E-state index >= 15 is 0 Å². The first-order valence-electron chi connectivity index (χ1n) is 6.95. The summed E-state index contributed by atoms with van der Waals surface area (Å²) in [5.41, 5.74) is 1.49. The Bertz CT molecular complexity index is 411. The fourth-order valence-electron chi connectivity index (χ4n) is 1.80. The third-order valence-corrected chi connectivity index (χ3v) is 3.63. The van der Waals surface area contributed by atoms with Crippen molar-refractivity contribution in [1.82, 2.24) is 5.32 Å². The maximum Gasteiger partial charge on any atom is 0.319 e. The number of aliphatic hydroxyl groups excluding tert-OH is 1. The molecule has 0 heterocycles. The predicted octanol–water partition coefficient (Wildman–Crippen LogP) is 3.39. The Morgan fingerprint density at radius 2 is 2.15 bits per heavy atom. The van der Waals surface area contributed by atoms with Crippen LogP contribution in [0.5, 0.6) is 0 Å². The van der Waals surface area contributed by atoms with E-state index in [1.807, 2.05) is 30.0 Å². The Labute approximate surface area is 125 Å². The summed E-state index contributed by atoms with van der Waals surface area (Å²) in [6, 6.07) is 7.05. The van der Waals surface area contributed by atoms with Crippen molar-refractivity contribution in [1.29, 1.82) is 0 Å². The maximum atomic E-state index is 11.7. The number of hydrogen-bond acceptors (Lipinski definition) is 3. The number of carbonyl (C=O) groups is 1. The van der Waals surface area contributed by atoms with Crippen LogP contribution in [0, 0.1) is 0 Å². The minimum Gasteiger partial charge on any atom is -0.389 e. The molecule has 3 N–H and O–H groups in total. The molecule has 5 heteroatoms. The van der Waals surface area contributed by atoms with E-state index < -0.39 is 6.10 Å². The van der Waals surface area contributed by atoms with Gasteiger partial charge in [0.1, 0.15) is 0 Å². The Morgan fingerprint density at radius 3 is 2.85 bits per heavy atom. The first kappa shape index (κ1) is 16.9. The summed E-state index contributed by atoms with van der Waals surface area (Å²) in [5.74, 6) is 1.18. The van der Waals surface area contributed by atoms with Gasteiger partial charge >= 0.3 is 6.03 Å². The smallest absolute Gasteiger partial charge is 0.319 e. The molecule has 0 aliphatic rings. The van der Waals surface area contributed by atoms with Gasteiger partial charge in [0.25, 0.3) is 0 Å². The quantitative estimate of drug-likeness (QED) is 0.644. The van der Waals surface area contributed by atoms with Crippen molar-refractivity contribution in [3.05, 3.63) is 29.8 Å². The van der Waals surface area contributed by atoms with E-state index in [4.69, 9.17) is 0 Å². The number of nitrogens with one attached hydrogen (secondary N) is 2. The molecule has 2 amide bonds. The summed E-state index contributed by atoms with van der Waals surface area (Å²) < 4.78 is 0. The summed E-state index contributed by atoms with van der Waals surface area (Å²) in [5, 5.41) is 15.1. The zero-order valence-electron chi connectivity index (χ0n) is 12.2. The van der Waals surface area contributed by atoms with Crippen molar-refractivity contribution in [2.45, 2.75) is 32.3 Å². The summed E-state index contributed by atoms with van der Waals surface area (Å²) in [7, 11) is 0. The minimum atomic E-state index is -0.531. The van der Waals surface area contributed by atoms with Crippen molar-refractivity contribution >= 4 is 23.5 Å². The summed E-state index contributed by atoms with van der Waals surface area (Å²) in [6.07, 6.45) is 4.91. The van der Waals surface area contributed by atoms with Gasteiger partial charge in [-0.25, -0.2) is 4.79 Å². The van der Waals surface area contributed by atoms with E-state index in [1.54, 1.807) is 13.0 Å². The van der Waals surface area contributed by atoms with Gasteiger partial charge in [0.2, 0.25) is 0 Å². The third-order valence-electron chi connectivity index (χ3n) is 2.94. The second kappa shape index (κ2) is 9.66. The fourth-order valence-corrected chi connectivity index (χ4v) is 2.29. The number of rotatable bonds is 8. The largest absolute Gasteiger partial charge is 0.389 e.